The van der Waals surface area contributed by atoms with Gasteiger partial charge in [0.05, 0.1) is 18.7 Å². The van der Waals surface area contributed by atoms with Crippen LogP contribution in [0.25, 0.3) is 0 Å². The molecular formula is C15H22ClNO4. The van der Waals surface area contributed by atoms with Crippen molar-refractivity contribution in [2.75, 3.05) is 34.4 Å². The SMILES string of the molecule is COc1cc(CCC(=O)O)cc(Cl)c1OCCCN(C)C. The Morgan fingerprint density at radius 3 is 2.67 bits per heavy atom. The number of hydrogen-bond acceptors (Lipinski definition) is 4. The maximum atomic E-state index is 10.6. The van der Waals surface area contributed by atoms with Crippen molar-refractivity contribution in [3.8, 4) is 11.5 Å². The third-order valence-electron chi connectivity index (χ3n) is 2.91. The highest BCUT2D eigenvalue weighted by atomic mass is 35.5. The van der Waals surface area contributed by atoms with E-state index in [0.29, 0.717) is 29.5 Å². The molecule has 0 saturated heterocycles. The lowest BCUT2D eigenvalue weighted by Gasteiger charge is -2.15. The highest BCUT2D eigenvalue weighted by Crippen LogP contribution is 2.36. The predicted molar refractivity (Wildman–Crippen MR) is 82.6 cm³/mol. The first-order valence-electron chi connectivity index (χ1n) is 6.79. The summed E-state index contributed by atoms with van der Waals surface area (Å²) in [4.78, 5) is 12.7. The molecular weight excluding hydrogens is 294 g/mol. The molecule has 0 aliphatic rings. The van der Waals surface area contributed by atoms with Crippen molar-refractivity contribution in [1.82, 2.24) is 4.90 Å². The molecule has 0 spiro atoms. The molecule has 0 radical (unpaired) electrons. The minimum Gasteiger partial charge on any atom is -0.493 e. The van der Waals surface area contributed by atoms with E-state index >= 15 is 0 Å². The molecule has 0 heterocycles. The first kappa shape index (κ1) is 17.6. The van der Waals surface area contributed by atoms with Crippen LogP contribution in [0, 0.1) is 0 Å². The Morgan fingerprint density at radius 1 is 1.38 bits per heavy atom. The highest BCUT2D eigenvalue weighted by molar-refractivity contribution is 6.32. The number of nitrogens with zero attached hydrogens (tertiary/aromatic N) is 1. The summed E-state index contributed by atoms with van der Waals surface area (Å²) in [6.07, 6.45) is 1.35. The Bertz CT molecular complexity index is 477. The van der Waals surface area contributed by atoms with Gasteiger partial charge in [0.2, 0.25) is 0 Å². The van der Waals surface area contributed by atoms with Crippen LogP contribution in [0.5, 0.6) is 11.5 Å². The lowest BCUT2D eigenvalue weighted by atomic mass is 10.1. The fraction of sp³-hybridized carbons (Fsp3) is 0.533. The third kappa shape index (κ3) is 6.23. The second-order valence-electron chi connectivity index (χ2n) is 5.01. The zero-order valence-electron chi connectivity index (χ0n) is 12.7. The zero-order valence-corrected chi connectivity index (χ0v) is 13.4. The van der Waals surface area contributed by atoms with E-state index in [-0.39, 0.29) is 6.42 Å². The predicted octanol–water partition coefficient (Wildman–Crippen LogP) is 2.70. The summed E-state index contributed by atoms with van der Waals surface area (Å²) >= 11 is 6.21. The number of carboxylic acid groups (broad SMARTS) is 1. The number of aliphatic carboxylic acids is 1. The van der Waals surface area contributed by atoms with Gasteiger partial charge in [0.15, 0.2) is 11.5 Å². The lowest BCUT2D eigenvalue weighted by molar-refractivity contribution is -0.136. The number of hydrogen-bond donors (Lipinski definition) is 1. The molecule has 0 amide bonds. The molecule has 0 bridgehead atoms. The zero-order chi connectivity index (χ0) is 15.8. The summed E-state index contributed by atoms with van der Waals surface area (Å²) in [6.45, 7) is 1.47. The summed E-state index contributed by atoms with van der Waals surface area (Å²) < 4.78 is 11.0. The maximum absolute atomic E-state index is 10.6. The Balaban J connectivity index is 2.72. The molecule has 1 rings (SSSR count). The summed E-state index contributed by atoms with van der Waals surface area (Å²) in [7, 11) is 5.55. The topological polar surface area (TPSA) is 59.0 Å². The van der Waals surface area contributed by atoms with Gasteiger partial charge in [-0.25, -0.2) is 0 Å². The average molecular weight is 316 g/mol. The number of halogens is 1. The van der Waals surface area contributed by atoms with Crippen molar-refractivity contribution >= 4 is 17.6 Å². The Kier molecular flexibility index (Phi) is 7.32. The minimum atomic E-state index is -0.839. The van der Waals surface area contributed by atoms with Crippen LogP contribution in [0.4, 0.5) is 0 Å². The fourth-order valence-electron chi connectivity index (χ4n) is 1.86. The largest absolute Gasteiger partial charge is 0.493 e. The van der Waals surface area contributed by atoms with Gasteiger partial charge in [-0.2, -0.15) is 0 Å². The fourth-order valence-corrected chi connectivity index (χ4v) is 2.15. The number of carboxylic acids is 1. The Labute approximate surface area is 130 Å². The summed E-state index contributed by atoms with van der Waals surface area (Å²) in [5.74, 6) is 0.207. The van der Waals surface area contributed by atoms with E-state index in [1.54, 1.807) is 19.2 Å². The number of benzene rings is 1. The summed E-state index contributed by atoms with van der Waals surface area (Å²) in [5.41, 5.74) is 0.819. The van der Waals surface area contributed by atoms with Gasteiger partial charge in [0.25, 0.3) is 0 Å². The molecule has 5 nitrogen and oxygen atoms in total. The van der Waals surface area contributed by atoms with Gasteiger partial charge < -0.3 is 19.5 Å². The van der Waals surface area contributed by atoms with E-state index in [1.807, 2.05) is 14.1 Å². The molecule has 1 aromatic rings. The van der Waals surface area contributed by atoms with E-state index in [9.17, 15) is 4.79 Å². The van der Waals surface area contributed by atoms with Crippen LogP contribution in [0.1, 0.15) is 18.4 Å². The molecule has 0 atom stereocenters. The molecule has 0 aliphatic carbocycles. The number of aryl methyl sites for hydroxylation is 1. The first-order chi connectivity index (χ1) is 9.93. The molecule has 0 aromatic heterocycles. The second kappa shape index (κ2) is 8.74. The van der Waals surface area contributed by atoms with Gasteiger partial charge >= 0.3 is 5.97 Å². The van der Waals surface area contributed by atoms with E-state index < -0.39 is 5.97 Å². The first-order valence-corrected chi connectivity index (χ1v) is 7.17. The normalized spacial score (nSPS) is 10.7. The van der Waals surface area contributed by atoms with Gasteiger partial charge in [0, 0.05) is 13.0 Å². The summed E-state index contributed by atoms with van der Waals surface area (Å²) in [5, 5.41) is 9.16. The van der Waals surface area contributed by atoms with E-state index in [0.717, 1.165) is 18.5 Å². The average Bonchev–Trinajstić information content (AvgIpc) is 2.42. The number of carbonyl (C=O) groups is 1. The molecule has 118 valence electrons. The van der Waals surface area contributed by atoms with E-state index in [1.165, 1.54) is 0 Å². The van der Waals surface area contributed by atoms with Crippen LogP contribution in [0.15, 0.2) is 12.1 Å². The smallest absolute Gasteiger partial charge is 0.303 e. The van der Waals surface area contributed by atoms with Crippen LogP contribution < -0.4 is 9.47 Å². The summed E-state index contributed by atoms with van der Waals surface area (Å²) in [6, 6.07) is 3.50. The van der Waals surface area contributed by atoms with Gasteiger partial charge in [-0.3, -0.25) is 4.79 Å². The van der Waals surface area contributed by atoms with Gasteiger partial charge in [-0.1, -0.05) is 11.6 Å². The molecule has 0 fully saturated rings. The number of rotatable bonds is 9. The van der Waals surface area contributed by atoms with Crippen molar-refractivity contribution in [1.29, 1.82) is 0 Å². The third-order valence-corrected chi connectivity index (χ3v) is 3.19. The minimum absolute atomic E-state index is 0.0581. The Hall–Kier alpha value is -1.46. The van der Waals surface area contributed by atoms with Gasteiger partial charge in [-0.15, -0.1) is 0 Å². The van der Waals surface area contributed by atoms with Crippen molar-refractivity contribution in [3.63, 3.8) is 0 Å². The standard InChI is InChI=1S/C15H22ClNO4/c1-17(2)7-4-8-21-15-12(16)9-11(5-6-14(18)19)10-13(15)20-3/h9-10H,4-8H2,1-3H3,(H,18,19). The Morgan fingerprint density at radius 2 is 2.10 bits per heavy atom. The second-order valence-corrected chi connectivity index (χ2v) is 5.42. The van der Waals surface area contributed by atoms with Crippen molar-refractivity contribution in [3.05, 3.63) is 22.7 Å². The van der Waals surface area contributed by atoms with Crippen molar-refractivity contribution in [2.24, 2.45) is 0 Å². The van der Waals surface area contributed by atoms with Crippen LogP contribution in [-0.2, 0) is 11.2 Å². The van der Waals surface area contributed by atoms with Gasteiger partial charge in [0.1, 0.15) is 0 Å². The van der Waals surface area contributed by atoms with Crippen LogP contribution in [0.2, 0.25) is 5.02 Å². The molecule has 6 heteroatoms. The molecule has 21 heavy (non-hydrogen) atoms. The van der Waals surface area contributed by atoms with E-state index in [2.05, 4.69) is 4.90 Å². The van der Waals surface area contributed by atoms with Crippen molar-refractivity contribution < 1.29 is 19.4 Å². The van der Waals surface area contributed by atoms with Crippen LogP contribution in [0.3, 0.4) is 0 Å². The molecule has 1 aromatic carbocycles. The molecule has 1 N–H and O–H groups in total. The molecule has 0 aliphatic heterocycles. The lowest BCUT2D eigenvalue weighted by Crippen LogP contribution is -2.15. The molecule has 0 saturated carbocycles. The van der Waals surface area contributed by atoms with Gasteiger partial charge in [-0.05, 0) is 44.6 Å². The van der Waals surface area contributed by atoms with E-state index in [4.69, 9.17) is 26.2 Å². The number of methoxy groups -OCH3 is 1. The monoisotopic (exact) mass is 315 g/mol. The number of ether oxygens (including phenoxy) is 2. The van der Waals surface area contributed by atoms with Crippen LogP contribution >= 0.6 is 11.6 Å². The highest BCUT2D eigenvalue weighted by Gasteiger charge is 2.12. The quantitative estimate of drug-likeness (QED) is 0.710. The maximum Gasteiger partial charge on any atom is 0.303 e. The molecule has 0 unspecified atom stereocenters. The van der Waals surface area contributed by atoms with Crippen molar-refractivity contribution in [2.45, 2.75) is 19.3 Å². The van der Waals surface area contributed by atoms with Crippen LogP contribution in [-0.4, -0.2) is 50.3 Å².